The monoisotopic (exact) mass is 325 g/mol. The summed E-state index contributed by atoms with van der Waals surface area (Å²) in [6.07, 6.45) is 1.91. The largest absolute Gasteiger partial charge is 0.276 e. The van der Waals surface area contributed by atoms with Gasteiger partial charge in [0, 0.05) is 10.4 Å². The van der Waals surface area contributed by atoms with Gasteiger partial charge in [-0.25, -0.2) is 4.40 Å². The van der Waals surface area contributed by atoms with Gasteiger partial charge in [0.1, 0.15) is 0 Å². The second-order valence-corrected chi connectivity index (χ2v) is 6.88. The molecule has 0 aliphatic carbocycles. The van der Waals surface area contributed by atoms with E-state index in [-0.39, 0.29) is 5.56 Å². The zero-order chi connectivity index (χ0) is 15.1. The number of benzene rings is 1. The molecule has 0 saturated carbocycles. The third-order valence-electron chi connectivity index (χ3n) is 3.45. The molecule has 4 aromatic rings. The minimum absolute atomic E-state index is 0.0587. The Morgan fingerprint density at radius 1 is 1.14 bits per heavy atom. The first-order valence-electron chi connectivity index (χ1n) is 6.73. The van der Waals surface area contributed by atoms with Crippen molar-refractivity contribution in [2.75, 3.05) is 0 Å². The molecule has 108 valence electrons. The van der Waals surface area contributed by atoms with Crippen molar-refractivity contribution in [1.82, 2.24) is 14.6 Å². The lowest BCUT2D eigenvalue weighted by molar-refractivity contribution is 1.09. The third-order valence-corrected chi connectivity index (χ3v) is 5.23. The van der Waals surface area contributed by atoms with Crippen molar-refractivity contribution < 1.29 is 0 Å². The number of hydrogen-bond donors (Lipinski definition) is 0. The van der Waals surface area contributed by atoms with E-state index in [1.807, 2.05) is 54.8 Å². The van der Waals surface area contributed by atoms with E-state index in [0.29, 0.717) is 15.3 Å². The smallest absolute Gasteiger partial charge is 0.267 e. The highest BCUT2D eigenvalue weighted by atomic mass is 32.1. The van der Waals surface area contributed by atoms with E-state index in [1.165, 1.54) is 11.3 Å². The van der Waals surface area contributed by atoms with Gasteiger partial charge in [0.25, 0.3) is 5.56 Å². The predicted octanol–water partition coefficient (Wildman–Crippen LogP) is 2.74. The van der Waals surface area contributed by atoms with Gasteiger partial charge in [-0.15, -0.1) is 21.5 Å². The lowest BCUT2D eigenvalue weighted by atomic mass is 10.1. The highest BCUT2D eigenvalue weighted by Crippen LogP contribution is 2.21. The molecular weight excluding hydrogens is 314 g/mol. The molecule has 0 saturated heterocycles. The van der Waals surface area contributed by atoms with Crippen LogP contribution in [0.15, 0.2) is 46.6 Å². The number of hydrogen-bond acceptors (Lipinski definition) is 5. The lowest BCUT2D eigenvalue weighted by Crippen LogP contribution is -2.23. The van der Waals surface area contributed by atoms with Crippen LogP contribution in [0.25, 0.3) is 22.4 Å². The molecule has 22 heavy (non-hydrogen) atoms. The Hall–Kier alpha value is -2.31. The van der Waals surface area contributed by atoms with Crippen LogP contribution in [0.5, 0.6) is 0 Å². The van der Waals surface area contributed by atoms with E-state index >= 15 is 0 Å². The molecule has 0 fully saturated rings. The Kier molecular flexibility index (Phi) is 3.13. The number of fused-ring (bicyclic) bond motifs is 1. The minimum Gasteiger partial charge on any atom is -0.267 e. The van der Waals surface area contributed by atoms with E-state index in [9.17, 15) is 4.79 Å². The van der Waals surface area contributed by atoms with Crippen molar-refractivity contribution in [3.63, 3.8) is 0 Å². The number of rotatable bonds is 2. The van der Waals surface area contributed by atoms with Gasteiger partial charge in [0.05, 0.1) is 4.53 Å². The standard InChI is InChI=1S/C16H11N3OS2/c1-10-5-2-3-7-12(10)14-17-18-16-19(14)15(20)13(22-16)9-11-6-4-8-21-11/h2-9H,1H3. The summed E-state index contributed by atoms with van der Waals surface area (Å²) in [5.74, 6) is 0.611. The van der Waals surface area contributed by atoms with Gasteiger partial charge < -0.3 is 0 Å². The van der Waals surface area contributed by atoms with Gasteiger partial charge in [-0.1, -0.05) is 41.7 Å². The highest BCUT2D eigenvalue weighted by molar-refractivity contribution is 7.15. The highest BCUT2D eigenvalue weighted by Gasteiger charge is 2.15. The Labute approximate surface area is 134 Å². The summed E-state index contributed by atoms with van der Waals surface area (Å²) < 4.78 is 2.29. The first-order valence-corrected chi connectivity index (χ1v) is 8.43. The molecule has 1 aromatic carbocycles. The molecule has 3 aromatic heterocycles. The zero-order valence-corrected chi connectivity index (χ0v) is 13.3. The molecule has 4 nitrogen and oxygen atoms in total. The maximum absolute atomic E-state index is 12.7. The van der Waals surface area contributed by atoms with Crippen molar-refractivity contribution in [2.24, 2.45) is 0 Å². The van der Waals surface area contributed by atoms with Crippen LogP contribution >= 0.6 is 22.7 Å². The average molecular weight is 325 g/mol. The number of aryl methyl sites for hydroxylation is 1. The van der Waals surface area contributed by atoms with E-state index in [2.05, 4.69) is 10.2 Å². The Bertz CT molecular complexity index is 1060. The molecule has 0 aliphatic rings. The van der Waals surface area contributed by atoms with Gasteiger partial charge in [0.2, 0.25) is 4.96 Å². The molecule has 0 N–H and O–H groups in total. The lowest BCUT2D eigenvalue weighted by Gasteiger charge is -2.00. The molecule has 0 spiro atoms. The minimum atomic E-state index is -0.0587. The second kappa shape index (κ2) is 5.15. The maximum Gasteiger partial charge on any atom is 0.276 e. The topological polar surface area (TPSA) is 47.3 Å². The molecular formula is C16H11N3OS2. The fourth-order valence-electron chi connectivity index (χ4n) is 2.36. The molecule has 3 heterocycles. The fourth-order valence-corrected chi connectivity index (χ4v) is 4.00. The molecule has 0 amide bonds. The van der Waals surface area contributed by atoms with E-state index in [0.717, 1.165) is 16.0 Å². The first kappa shape index (κ1) is 13.4. The van der Waals surface area contributed by atoms with Crippen LogP contribution in [0.4, 0.5) is 0 Å². The van der Waals surface area contributed by atoms with E-state index in [4.69, 9.17) is 0 Å². The van der Waals surface area contributed by atoms with Crippen LogP contribution in [-0.4, -0.2) is 14.6 Å². The van der Waals surface area contributed by atoms with Crippen LogP contribution < -0.4 is 10.1 Å². The van der Waals surface area contributed by atoms with Crippen molar-refractivity contribution in [3.05, 3.63) is 67.1 Å². The Balaban J connectivity index is 1.99. The Morgan fingerprint density at radius 2 is 2.00 bits per heavy atom. The number of nitrogens with zero attached hydrogens (tertiary/aromatic N) is 3. The molecule has 6 heteroatoms. The summed E-state index contributed by atoms with van der Waals surface area (Å²) in [6, 6.07) is 11.8. The summed E-state index contributed by atoms with van der Waals surface area (Å²) in [5, 5.41) is 10.4. The van der Waals surface area contributed by atoms with Crippen molar-refractivity contribution in [2.45, 2.75) is 6.92 Å². The molecule has 0 atom stereocenters. The summed E-state index contributed by atoms with van der Waals surface area (Å²) in [7, 11) is 0. The number of thiazole rings is 1. The molecule has 0 aliphatic heterocycles. The van der Waals surface area contributed by atoms with Gasteiger partial charge in [-0.2, -0.15) is 0 Å². The van der Waals surface area contributed by atoms with E-state index < -0.39 is 0 Å². The quantitative estimate of drug-likeness (QED) is 0.569. The van der Waals surface area contributed by atoms with Gasteiger partial charge >= 0.3 is 0 Å². The zero-order valence-electron chi connectivity index (χ0n) is 11.7. The summed E-state index contributed by atoms with van der Waals surface area (Å²) >= 11 is 2.98. The third kappa shape index (κ3) is 2.08. The van der Waals surface area contributed by atoms with Gasteiger partial charge in [-0.05, 0) is 30.0 Å². The average Bonchev–Trinajstić information content (AvgIpc) is 3.21. The van der Waals surface area contributed by atoms with Crippen LogP contribution in [-0.2, 0) is 0 Å². The molecule has 4 rings (SSSR count). The number of aromatic nitrogens is 3. The second-order valence-electron chi connectivity index (χ2n) is 4.89. The molecule has 0 radical (unpaired) electrons. The van der Waals surface area contributed by atoms with Crippen molar-refractivity contribution >= 4 is 33.7 Å². The van der Waals surface area contributed by atoms with Crippen LogP contribution in [0.1, 0.15) is 10.4 Å². The SMILES string of the molecule is Cc1ccccc1-c1nnc2sc(=Cc3cccs3)c(=O)n12. The summed E-state index contributed by atoms with van der Waals surface area (Å²) in [6.45, 7) is 2.01. The molecule has 0 unspecified atom stereocenters. The predicted molar refractivity (Wildman–Crippen MR) is 90.4 cm³/mol. The fraction of sp³-hybridized carbons (Fsp3) is 0.0625. The van der Waals surface area contributed by atoms with Crippen LogP contribution in [0.2, 0.25) is 0 Å². The van der Waals surface area contributed by atoms with Gasteiger partial charge in [0.15, 0.2) is 5.82 Å². The normalized spacial score (nSPS) is 12.3. The molecule has 0 bridgehead atoms. The first-order chi connectivity index (χ1) is 10.7. The summed E-state index contributed by atoms with van der Waals surface area (Å²) in [5.41, 5.74) is 1.95. The van der Waals surface area contributed by atoms with E-state index in [1.54, 1.807) is 15.7 Å². The summed E-state index contributed by atoms with van der Waals surface area (Å²) in [4.78, 5) is 14.4. The van der Waals surface area contributed by atoms with Crippen molar-refractivity contribution in [3.8, 4) is 11.4 Å². The van der Waals surface area contributed by atoms with Crippen LogP contribution in [0, 0.1) is 6.92 Å². The Morgan fingerprint density at radius 3 is 2.77 bits per heavy atom. The van der Waals surface area contributed by atoms with Crippen molar-refractivity contribution in [1.29, 1.82) is 0 Å². The number of thiophene rings is 1. The maximum atomic E-state index is 12.7. The van der Waals surface area contributed by atoms with Gasteiger partial charge in [-0.3, -0.25) is 4.79 Å². The van der Waals surface area contributed by atoms with Crippen LogP contribution in [0.3, 0.4) is 0 Å².